The van der Waals surface area contributed by atoms with Crippen molar-refractivity contribution in [3.63, 3.8) is 0 Å². The summed E-state index contributed by atoms with van der Waals surface area (Å²) in [6.45, 7) is 12.7. The Labute approximate surface area is 106 Å². The van der Waals surface area contributed by atoms with Gasteiger partial charge in [0.1, 0.15) is 0 Å². The average molecular weight is 237 g/mol. The predicted molar refractivity (Wildman–Crippen MR) is 75.5 cm³/mol. The van der Waals surface area contributed by atoms with Crippen molar-refractivity contribution >= 4 is 0 Å². The summed E-state index contributed by atoms with van der Waals surface area (Å²) in [6, 6.07) is 0. The van der Waals surface area contributed by atoms with Gasteiger partial charge in [-0.2, -0.15) is 0 Å². The van der Waals surface area contributed by atoms with Crippen LogP contribution in [0.4, 0.5) is 0 Å². The van der Waals surface area contributed by atoms with E-state index in [1.165, 1.54) is 0 Å². The lowest BCUT2D eigenvalue weighted by Crippen LogP contribution is -2.16. The van der Waals surface area contributed by atoms with Crippen molar-refractivity contribution < 1.29 is 5.11 Å². The van der Waals surface area contributed by atoms with Crippen LogP contribution < -0.4 is 5.32 Å². The van der Waals surface area contributed by atoms with Gasteiger partial charge in [-0.25, -0.2) is 0 Å². The van der Waals surface area contributed by atoms with Crippen LogP contribution in [0.3, 0.4) is 0 Å². The molecule has 17 heavy (non-hydrogen) atoms. The number of aliphatic hydroxyl groups is 1. The Balaban J connectivity index is 4.25. The molecule has 0 aromatic carbocycles. The van der Waals surface area contributed by atoms with Crippen LogP contribution in [0, 0.1) is 11.8 Å². The Kier molecular flexibility index (Phi) is 8.51. The van der Waals surface area contributed by atoms with E-state index >= 15 is 0 Å². The molecule has 0 aromatic heterocycles. The third-order valence-corrected chi connectivity index (χ3v) is 3.17. The fourth-order valence-corrected chi connectivity index (χ4v) is 1.74. The van der Waals surface area contributed by atoms with Crippen LogP contribution in [0.25, 0.3) is 0 Å². The van der Waals surface area contributed by atoms with Gasteiger partial charge in [-0.05, 0) is 31.3 Å². The highest BCUT2D eigenvalue weighted by Crippen LogP contribution is 2.22. The zero-order chi connectivity index (χ0) is 13.3. The lowest BCUT2D eigenvalue weighted by molar-refractivity contribution is 0.193. The molecule has 0 bridgehead atoms. The molecule has 2 atom stereocenters. The molecule has 98 valence electrons. The third-order valence-electron chi connectivity index (χ3n) is 3.17. The second-order valence-electron chi connectivity index (χ2n) is 4.49. The van der Waals surface area contributed by atoms with Crippen molar-refractivity contribution in [2.24, 2.45) is 11.8 Å². The SMILES string of the molecule is C=C(/C=C/N/C(C)=C/CC)C(C)C(CC)CO. The monoisotopic (exact) mass is 237 g/mol. The van der Waals surface area contributed by atoms with Crippen LogP contribution in [0.5, 0.6) is 0 Å². The molecule has 0 aromatic rings. The molecular weight excluding hydrogens is 210 g/mol. The summed E-state index contributed by atoms with van der Waals surface area (Å²) in [7, 11) is 0. The Morgan fingerprint density at radius 3 is 2.53 bits per heavy atom. The molecule has 0 aliphatic carbocycles. The zero-order valence-electron chi connectivity index (χ0n) is 11.7. The minimum absolute atomic E-state index is 0.229. The van der Waals surface area contributed by atoms with E-state index in [9.17, 15) is 5.11 Å². The summed E-state index contributed by atoms with van der Waals surface area (Å²) in [6.07, 6.45) is 8.07. The van der Waals surface area contributed by atoms with Crippen molar-refractivity contribution in [3.05, 3.63) is 36.2 Å². The van der Waals surface area contributed by atoms with Gasteiger partial charge in [0, 0.05) is 18.5 Å². The third kappa shape index (κ3) is 6.32. The van der Waals surface area contributed by atoms with E-state index in [2.05, 4.69) is 38.7 Å². The largest absolute Gasteiger partial charge is 0.396 e. The molecule has 0 saturated carbocycles. The van der Waals surface area contributed by atoms with Gasteiger partial charge < -0.3 is 10.4 Å². The average Bonchev–Trinajstić information content (AvgIpc) is 2.30. The summed E-state index contributed by atoms with van der Waals surface area (Å²) >= 11 is 0. The van der Waals surface area contributed by atoms with Gasteiger partial charge in [0.2, 0.25) is 0 Å². The number of allylic oxidation sites excluding steroid dienone is 4. The first kappa shape index (κ1) is 16.0. The fraction of sp³-hybridized carbons (Fsp3) is 0.600. The summed E-state index contributed by atoms with van der Waals surface area (Å²) in [5.41, 5.74) is 2.21. The number of aliphatic hydroxyl groups excluding tert-OH is 1. The maximum Gasteiger partial charge on any atom is 0.0464 e. The molecule has 0 radical (unpaired) electrons. The first-order valence-corrected chi connectivity index (χ1v) is 6.46. The fourth-order valence-electron chi connectivity index (χ4n) is 1.74. The summed E-state index contributed by atoms with van der Waals surface area (Å²) in [5, 5.41) is 12.4. The highest BCUT2D eigenvalue weighted by atomic mass is 16.3. The Morgan fingerprint density at radius 1 is 1.41 bits per heavy atom. The van der Waals surface area contributed by atoms with E-state index in [1.54, 1.807) is 0 Å². The van der Waals surface area contributed by atoms with Gasteiger partial charge in [-0.3, -0.25) is 0 Å². The molecule has 0 aliphatic heterocycles. The van der Waals surface area contributed by atoms with E-state index in [-0.39, 0.29) is 6.61 Å². The molecule has 2 nitrogen and oxygen atoms in total. The summed E-state index contributed by atoms with van der Waals surface area (Å²) in [5.74, 6) is 0.623. The maximum absolute atomic E-state index is 9.24. The molecule has 0 saturated heterocycles. The van der Waals surface area contributed by atoms with Crippen LogP contribution in [-0.2, 0) is 0 Å². The molecule has 2 N–H and O–H groups in total. The molecule has 0 spiro atoms. The number of hydrogen-bond donors (Lipinski definition) is 2. The molecule has 0 fully saturated rings. The first-order chi connectivity index (χ1) is 8.06. The van der Waals surface area contributed by atoms with Crippen molar-refractivity contribution in [1.82, 2.24) is 5.32 Å². The smallest absolute Gasteiger partial charge is 0.0464 e. The first-order valence-electron chi connectivity index (χ1n) is 6.46. The van der Waals surface area contributed by atoms with Crippen molar-refractivity contribution in [3.8, 4) is 0 Å². The molecule has 2 unspecified atom stereocenters. The summed E-state index contributed by atoms with van der Waals surface area (Å²) < 4.78 is 0. The Morgan fingerprint density at radius 2 is 2.06 bits per heavy atom. The van der Waals surface area contributed by atoms with Gasteiger partial charge in [0.25, 0.3) is 0 Å². The van der Waals surface area contributed by atoms with Crippen molar-refractivity contribution in [2.45, 2.75) is 40.5 Å². The highest BCUT2D eigenvalue weighted by molar-refractivity contribution is 5.18. The second kappa shape index (κ2) is 9.06. The normalized spacial score (nSPS) is 15.9. The van der Waals surface area contributed by atoms with E-state index in [1.807, 2.05) is 19.2 Å². The van der Waals surface area contributed by atoms with E-state index < -0.39 is 0 Å². The number of nitrogens with one attached hydrogen (secondary N) is 1. The van der Waals surface area contributed by atoms with Crippen LogP contribution in [0.1, 0.15) is 40.5 Å². The van der Waals surface area contributed by atoms with Crippen LogP contribution in [0.15, 0.2) is 36.2 Å². The molecule has 0 aliphatic rings. The number of rotatable bonds is 8. The topological polar surface area (TPSA) is 32.3 Å². The quantitative estimate of drug-likeness (QED) is 0.632. The van der Waals surface area contributed by atoms with Crippen LogP contribution >= 0.6 is 0 Å². The minimum Gasteiger partial charge on any atom is -0.396 e. The number of hydrogen-bond acceptors (Lipinski definition) is 2. The van der Waals surface area contributed by atoms with E-state index in [4.69, 9.17) is 0 Å². The molecular formula is C15H27NO. The Hall–Kier alpha value is -1.02. The van der Waals surface area contributed by atoms with Gasteiger partial charge in [-0.15, -0.1) is 0 Å². The second-order valence-corrected chi connectivity index (χ2v) is 4.49. The van der Waals surface area contributed by atoms with Crippen LogP contribution in [0.2, 0.25) is 0 Å². The maximum atomic E-state index is 9.24. The molecule has 0 rings (SSSR count). The van der Waals surface area contributed by atoms with Crippen molar-refractivity contribution in [2.75, 3.05) is 6.61 Å². The lowest BCUT2D eigenvalue weighted by atomic mass is 9.87. The molecule has 0 amide bonds. The van der Waals surface area contributed by atoms with Crippen LogP contribution in [-0.4, -0.2) is 11.7 Å². The van der Waals surface area contributed by atoms with Gasteiger partial charge in [-0.1, -0.05) is 45.4 Å². The molecule has 2 heteroatoms. The Bertz CT molecular complexity index is 275. The standard InChI is InChI=1S/C15H27NO/c1-6-8-13(4)16-10-9-12(3)14(5)15(7-2)11-17/h8-10,14-17H,3,6-7,11H2,1-2,4-5H3/b10-9+,13-8+. The van der Waals surface area contributed by atoms with Gasteiger partial charge >= 0.3 is 0 Å². The lowest BCUT2D eigenvalue weighted by Gasteiger charge is -2.20. The summed E-state index contributed by atoms with van der Waals surface area (Å²) in [4.78, 5) is 0. The van der Waals surface area contributed by atoms with Crippen molar-refractivity contribution in [1.29, 1.82) is 0 Å². The van der Waals surface area contributed by atoms with Gasteiger partial charge in [0.15, 0.2) is 0 Å². The van der Waals surface area contributed by atoms with E-state index in [0.29, 0.717) is 11.8 Å². The molecule has 0 heterocycles. The predicted octanol–water partition coefficient (Wildman–Crippen LogP) is 3.61. The van der Waals surface area contributed by atoms with E-state index in [0.717, 1.165) is 24.1 Å². The minimum atomic E-state index is 0.229. The van der Waals surface area contributed by atoms with Gasteiger partial charge in [0.05, 0.1) is 0 Å². The highest BCUT2D eigenvalue weighted by Gasteiger charge is 2.15. The zero-order valence-corrected chi connectivity index (χ0v) is 11.7.